The van der Waals surface area contributed by atoms with Gasteiger partial charge in [0.2, 0.25) is 5.91 Å². The van der Waals surface area contributed by atoms with E-state index in [1.165, 1.54) is 0 Å². The van der Waals surface area contributed by atoms with Crippen LogP contribution in [0.4, 0.5) is 0 Å². The van der Waals surface area contributed by atoms with Crippen molar-refractivity contribution in [1.82, 2.24) is 5.32 Å². The Hall–Kier alpha value is -1.11. The number of carbonyl (C=O) groups excluding carboxylic acids is 1. The molecule has 0 spiro atoms. The lowest BCUT2D eigenvalue weighted by Crippen LogP contribution is -2.33. The Labute approximate surface area is 107 Å². The summed E-state index contributed by atoms with van der Waals surface area (Å²) < 4.78 is 22.4. The molecule has 104 valence electrons. The first-order chi connectivity index (χ1) is 8.35. The number of rotatable bonds is 6. The van der Waals surface area contributed by atoms with Gasteiger partial charge in [-0.1, -0.05) is 6.92 Å². The van der Waals surface area contributed by atoms with Gasteiger partial charge in [-0.25, -0.2) is 8.42 Å². The lowest BCUT2D eigenvalue weighted by atomic mass is 10.0. The molecule has 6 nitrogen and oxygen atoms in total. The first-order valence-corrected chi connectivity index (χ1v) is 7.88. The maximum atomic E-state index is 11.7. The van der Waals surface area contributed by atoms with Gasteiger partial charge in [-0.2, -0.15) is 0 Å². The fraction of sp³-hybridized carbons (Fsp3) is 0.818. The quantitative estimate of drug-likeness (QED) is 0.714. The summed E-state index contributed by atoms with van der Waals surface area (Å²) >= 11 is 0. The zero-order valence-electron chi connectivity index (χ0n) is 10.4. The van der Waals surface area contributed by atoms with Crippen molar-refractivity contribution in [1.29, 1.82) is 0 Å². The summed E-state index contributed by atoms with van der Waals surface area (Å²) in [7, 11) is -3.07. The summed E-state index contributed by atoms with van der Waals surface area (Å²) in [5, 5.41) is 11.4. The Morgan fingerprint density at radius 3 is 2.39 bits per heavy atom. The molecule has 1 fully saturated rings. The molecule has 0 aromatic carbocycles. The first-order valence-electron chi connectivity index (χ1n) is 6.06. The second-order valence-corrected chi connectivity index (χ2v) is 7.05. The number of hydrogen-bond acceptors (Lipinski definition) is 4. The average molecular weight is 277 g/mol. The van der Waals surface area contributed by atoms with E-state index in [0.29, 0.717) is 19.3 Å². The second-order valence-electron chi connectivity index (χ2n) is 4.57. The van der Waals surface area contributed by atoms with Gasteiger partial charge < -0.3 is 10.4 Å². The van der Waals surface area contributed by atoms with Gasteiger partial charge in [0.1, 0.15) is 0 Å². The Kier molecular flexibility index (Phi) is 5.13. The van der Waals surface area contributed by atoms with Crippen LogP contribution in [0.25, 0.3) is 0 Å². The summed E-state index contributed by atoms with van der Waals surface area (Å²) in [5.41, 5.74) is 0. The Bertz CT molecular complexity index is 417. The highest BCUT2D eigenvalue weighted by molar-refractivity contribution is 7.91. The Morgan fingerprint density at radius 2 is 1.89 bits per heavy atom. The molecule has 0 aliphatic heterocycles. The Morgan fingerprint density at radius 1 is 1.28 bits per heavy atom. The topological polar surface area (TPSA) is 101 Å². The van der Waals surface area contributed by atoms with E-state index >= 15 is 0 Å². The third-order valence-electron chi connectivity index (χ3n) is 3.30. The van der Waals surface area contributed by atoms with Gasteiger partial charge in [-0.3, -0.25) is 9.59 Å². The number of sulfone groups is 1. The van der Waals surface area contributed by atoms with Gasteiger partial charge in [0.15, 0.2) is 9.84 Å². The monoisotopic (exact) mass is 277 g/mol. The predicted molar refractivity (Wildman–Crippen MR) is 65.8 cm³/mol. The molecule has 0 bridgehead atoms. The van der Waals surface area contributed by atoms with Gasteiger partial charge >= 0.3 is 5.97 Å². The highest BCUT2D eigenvalue weighted by Crippen LogP contribution is 2.30. The van der Waals surface area contributed by atoms with E-state index in [9.17, 15) is 18.0 Å². The molecule has 1 aliphatic carbocycles. The van der Waals surface area contributed by atoms with Crippen LogP contribution < -0.4 is 5.32 Å². The summed E-state index contributed by atoms with van der Waals surface area (Å²) in [6.07, 6.45) is 1.42. The molecule has 1 saturated carbocycles. The number of carbonyl (C=O) groups is 2. The standard InChI is InChI=1S/C11H19NO5S/c1-2-18(16,17)6-5-12-10(13)8-3-4-9(7-8)11(14)15/h8-9H,2-7H2,1H3,(H,12,13)(H,14,15)/t8-,9+/m1/s1. The SMILES string of the molecule is CCS(=O)(=O)CCNC(=O)[C@@H]1CC[C@H](C(=O)O)C1. The van der Waals surface area contributed by atoms with Gasteiger partial charge in [0, 0.05) is 18.2 Å². The maximum absolute atomic E-state index is 11.7. The van der Waals surface area contributed by atoms with E-state index in [1.54, 1.807) is 6.92 Å². The summed E-state index contributed by atoms with van der Waals surface area (Å²) in [4.78, 5) is 22.4. The number of aliphatic carboxylic acids is 1. The zero-order valence-corrected chi connectivity index (χ0v) is 11.2. The second kappa shape index (κ2) is 6.17. The van der Waals surface area contributed by atoms with Crippen LogP contribution in [0.1, 0.15) is 26.2 Å². The minimum Gasteiger partial charge on any atom is -0.481 e. The summed E-state index contributed by atoms with van der Waals surface area (Å²) in [6, 6.07) is 0. The molecule has 1 aliphatic rings. The molecule has 1 amide bonds. The highest BCUT2D eigenvalue weighted by Gasteiger charge is 2.33. The lowest BCUT2D eigenvalue weighted by molar-refractivity contribution is -0.141. The van der Waals surface area contributed by atoms with E-state index in [0.717, 1.165) is 0 Å². The number of carboxylic acid groups (broad SMARTS) is 1. The van der Waals surface area contributed by atoms with Crippen LogP contribution in [0.5, 0.6) is 0 Å². The largest absolute Gasteiger partial charge is 0.481 e. The molecular formula is C11H19NO5S. The fourth-order valence-electron chi connectivity index (χ4n) is 2.06. The maximum Gasteiger partial charge on any atom is 0.306 e. The normalized spacial score (nSPS) is 23.8. The van der Waals surface area contributed by atoms with Gasteiger partial charge in [-0.05, 0) is 19.3 Å². The number of hydrogen-bond donors (Lipinski definition) is 2. The number of nitrogens with one attached hydrogen (secondary N) is 1. The van der Waals surface area contributed by atoms with Crippen molar-refractivity contribution in [3.05, 3.63) is 0 Å². The van der Waals surface area contributed by atoms with Gasteiger partial charge in [-0.15, -0.1) is 0 Å². The van der Waals surface area contributed by atoms with Crippen molar-refractivity contribution in [3.8, 4) is 0 Å². The van der Waals surface area contributed by atoms with Crippen LogP contribution in [-0.2, 0) is 19.4 Å². The molecule has 0 unspecified atom stereocenters. The van der Waals surface area contributed by atoms with Gasteiger partial charge in [0.05, 0.1) is 11.7 Å². The fourth-order valence-corrected chi connectivity index (χ4v) is 2.76. The number of amides is 1. The molecule has 18 heavy (non-hydrogen) atoms. The third-order valence-corrected chi connectivity index (χ3v) is 5.01. The van der Waals surface area contributed by atoms with E-state index in [4.69, 9.17) is 5.11 Å². The van der Waals surface area contributed by atoms with Crippen molar-refractivity contribution >= 4 is 21.7 Å². The van der Waals surface area contributed by atoms with E-state index in [2.05, 4.69) is 5.32 Å². The van der Waals surface area contributed by atoms with E-state index < -0.39 is 21.7 Å². The van der Waals surface area contributed by atoms with Crippen molar-refractivity contribution in [3.63, 3.8) is 0 Å². The molecular weight excluding hydrogens is 258 g/mol. The minimum absolute atomic E-state index is 0.0629. The first kappa shape index (κ1) is 14.9. The van der Waals surface area contributed by atoms with Crippen molar-refractivity contribution in [2.75, 3.05) is 18.1 Å². The van der Waals surface area contributed by atoms with Crippen LogP contribution in [0.3, 0.4) is 0 Å². The lowest BCUT2D eigenvalue weighted by Gasteiger charge is -2.10. The molecule has 0 radical (unpaired) electrons. The van der Waals surface area contributed by atoms with E-state index in [1.807, 2.05) is 0 Å². The minimum atomic E-state index is -3.07. The molecule has 2 atom stereocenters. The Balaban J connectivity index is 2.33. The highest BCUT2D eigenvalue weighted by atomic mass is 32.2. The molecule has 1 rings (SSSR count). The van der Waals surface area contributed by atoms with Gasteiger partial charge in [0.25, 0.3) is 0 Å². The van der Waals surface area contributed by atoms with Crippen molar-refractivity contribution in [2.45, 2.75) is 26.2 Å². The smallest absolute Gasteiger partial charge is 0.306 e. The predicted octanol–water partition coefficient (Wildman–Crippen LogP) is 0.0382. The zero-order chi connectivity index (χ0) is 13.8. The molecule has 7 heteroatoms. The van der Waals surface area contributed by atoms with Crippen molar-refractivity contribution in [2.24, 2.45) is 11.8 Å². The summed E-state index contributed by atoms with van der Waals surface area (Å²) in [6.45, 7) is 1.66. The molecule has 0 aromatic rings. The van der Waals surface area contributed by atoms with Crippen LogP contribution in [-0.4, -0.2) is 43.5 Å². The third kappa shape index (κ3) is 4.29. The molecule has 2 N–H and O–H groups in total. The number of carboxylic acids is 1. The van der Waals surface area contributed by atoms with Crippen LogP contribution in [0.15, 0.2) is 0 Å². The molecule has 0 aromatic heterocycles. The van der Waals surface area contributed by atoms with E-state index in [-0.39, 0.29) is 29.9 Å². The summed E-state index contributed by atoms with van der Waals surface area (Å²) in [5.74, 6) is -1.84. The average Bonchev–Trinajstić information content (AvgIpc) is 2.78. The van der Waals surface area contributed by atoms with Crippen LogP contribution in [0.2, 0.25) is 0 Å². The molecule has 0 saturated heterocycles. The van der Waals surface area contributed by atoms with Crippen LogP contribution >= 0.6 is 0 Å². The van der Waals surface area contributed by atoms with Crippen molar-refractivity contribution < 1.29 is 23.1 Å². The molecule has 0 heterocycles. The van der Waals surface area contributed by atoms with Crippen LogP contribution in [0, 0.1) is 11.8 Å².